The molecule has 17 heteroatoms. The molecule has 168 valence electrons. The van der Waals surface area contributed by atoms with Crippen LogP contribution < -0.4 is 4.90 Å². The molecule has 0 fully saturated rings. The minimum Gasteiger partial charge on any atom is -0.478 e. The van der Waals surface area contributed by atoms with Gasteiger partial charge in [0.1, 0.15) is 5.69 Å². The number of carbonyl (C=O) groups is 1. The topological polar surface area (TPSA) is 214 Å². The maximum absolute atomic E-state index is 11.6. The van der Waals surface area contributed by atoms with Crippen LogP contribution >= 0.6 is 0 Å². The lowest BCUT2D eigenvalue weighted by molar-refractivity contribution is -0.393. The Kier molecular flexibility index (Phi) is 8.17. The molecule has 15 nitrogen and oxygen atoms in total. The number of hydrogen-bond acceptors (Lipinski definition) is 12. The Labute approximate surface area is 170 Å². The highest BCUT2D eigenvalue weighted by atomic mass is 32.2. The SMILES string of the molecule is CS(=O)(=O)OCCN(CCOS(C)(=O)=O)c1c(C(=O)O)cc([N+](=O)[O-])cc1[N+](=O)[O-]. The average Bonchev–Trinajstić information content (AvgIpc) is 2.57. The first-order chi connectivity index (χ1) is 13.6. The van der Waals surface area contributed by atoms with Crippen molar-refractivity contribution in [3.63, 3.8) is 0 Å². The Balaban J connectivity index is 3.51. The van der Waals surface area contributed by atoms with Crippen LogP contribution in [0.1, 0.15) is 10.4 Å². The van der Waals surface area contributed by atoms with E-state index in [0.717, 1.165) is 17.4 Å². The second kappa shape index (κ2) is 9.74. The van der Waals surface area contributed by atoms with Gasteiger partial charge in [0.15, 0.2) is 0 Å². The number of nitro benzene ring substituents is 2. The molecule has 1 N–H and O–H groups in total. The standard InChI is InChI=1S/C13H17N3O12S2/c1-29(23,24)27-5-3-14(4-6-28-30(2,25)26)12-10(13(17)18)7-9(15(19)20)8-11(12)16(21)22/h7-8H,3-6H2,1-2H3,(H,17,18). The fourth-order valence-corrected chi connectivity index (χ4v) is 3.03. The maximum Gasteiger partial charge on any atom is 0.338 e. The van der Waals surface area contributed by atoms with Gasteiger partial charge >= 0.3 is 5.97 Å². The van der Waals surface area contributed by atoms with Crippen LogP contribution in [0.15, 0.2) is 12.1 Å². The zero-order valence-corrected chi connectivity index (χ0v) is 17.2. The summed E-state index contributed by atoms with van der Waals surface area (Å²) in [5.74, 6) is -1.74. The highest BCUT2D eigenvalue weighted by molar-refractivity contribution is 7.86. The molecule has 0 bridgehead atoms. The van der Waals surface area contributed by atoms with Gasteiger partial charge in [-0.05, 0) is 0 Å². The molecule has 0 amide bonds. The molecule has 0 atom stereocenters. The van der Waals surface area contributed by atoms with Crippen molar-refractivity contribution < 1.29 is 44.9 Å². The predicted octanol–water partition coefficient (Wildman–Crippen LogP) is -0.0400. The van der Waals surface area contributed by atoms with Gasteiger partial charge in [-0.3, -0.25) is 28.6 Å². The Hall–Kier alpha value is -2.89. The van der Waals surface area contributed by atoms with Crippen LogP contribution in [0.3, 0.4) is 0 Å². The molecule has 0 saturated heterocycles. The Morgan fingerprint density at radius 2 is 1.47 bits per heavy atom. The molecule has 1 aromatic rings. The van der Waals surface area contributed by atoms with Gasteiger partial charge in [-0.25, -0.2) is 4.79 Å². The zero-order chi connectivity index (χ0) is 23.3. The molecule has 0 spiro atoms. The monoisotopic (exact) mass is 471 g/mol. The molecule has 0 aliphatic carbocycles. The van der Waals surface area contributed by atoms with Crippen molar-refractivity contribution in [3.05, 3.63) is 37.9 Å². The van der Waals surface area contributed by atoms with Crippen LogP contribution in [0.5, 0.6) is 0 Å². The maximum atomic E-state index is 11.6. The van der Waals surface area contributed by atoms with Gasteiger partial charge in [0.05, 0.1) is 47.2 Å². The van der Waals surface area contributed by atoms with Crippen LogP contribution in [-0.2, 0) is 28.6 Å². The molecule has 1 aromatic carbocycles. The van der Waals surface area contributed by atoms with Crippen molar-refractivity contribution in [2.45, 2.75) is 0 Å². The molecular weight excluding hydrogens is 454 g/mol. The fraction of sp³-hybridized carbons (Fsp3) is 0.462. The average molecular weight is 471 g/mol. The van der Waals surface area contributed by atoms with E-state index in [0.29, 0.717) is 12.1 Å². The number of carboxylic acid groups (broad SMARTS) is 1. The fourth-order valence-electron chi connectivity index (χ4n) is 2.28. The lowest BCUT2D eigenvalue weighted by Crippen LogP contribution is -2.34. The van der Waals surface area contributed by atoms with E-state index < -0.39 is 85.0 Å². The van der Waals surface area contributed by atoms with E-state index in [1.54, 1.807) is 0 Å². The third-order valence-electron chi connectivity index (χ3n) is 3.35. The predicted molar refractivity (Wildman–Crippen MR) is 101 cm³/mol. The van der Waals surface area contributed by atoms with Crippen molar-refractivity contribution in [3.8, 4) is 0 Å². The summed E-state index contributed by atoms with van der Waals surface area (Å²) in [6.07, 6.45) is 1.47. The first-order valence-corrected chi connectivity index (χ1v) is 11.4. The Bertz CT molecular complexity index is 978. The van der Waals surface area contributed by atoms with Crippen molar-refractivity contribution in [1.82, 2.24) is 0 Å². The minimum atomic E-state index is -3.91. The van der Waals surface area contributed by atoms with E-state index >= 15 is 0 Å². The number of nitrogens with zero attached hydrogens (tertiary/aromatic N) is 3. The second-order valence-corrected chi connectivity index (χ2v) is 9.01. The lowest BCUT2D eigenvalue weighted by Gasteiger charge is -2.25. The summed E-state index contributed by atoms with van der Waals surface area (Å²) in [5.41, 5.74) is -3.25. The summed E-state index contributed by atoms with van der Waals surface area (Å²) in [6.45, 7) is -2.05. The van der Waals surface area contributed by atoms with Crippen molar-refractivity contribution in [2.24, 2.45) is 0 Å². The van der Waals surface area contributed by atoms with Crippen molar-refractivity contribution in [2.75, 3.05) is 43.7 Å². The van der Waals surface area contributed by atoms with E-state index in [1.165, 1.54) is 0 Å². The number of anilines is 1. The van der Waals surface area contributed by atoms with Gasteiger partial charge in [-0.2, -0.15) is 16.8 Å². The summed E-state index contributed by atoms with van der Waals surface area (Å²) in [5, 5.41) is 31.9. The molecule has 0 unspecified atom stereocenters. The largest absolute Gasteiger partial charge is 0.478 e. The highest BCUT2D eigenvalue weighted by Gasteiger charge is 2.31. The Morgan fingerprint density at radius 3 is 1.80 bits per heavy atom. The smallest absolute Gasteiger partial charge is 0.338 e. The van der Waals surface area contributed by atoms with Crippen molar-refractivity contribution >= 4 is 43.3 Å². The molecule has 0 aromatic heterocycles. The van der Waals surface area contributed by atoms with Gasteiger partial charge in [-0.15, -0.1) is 0 Å². The molecule has 0 heterocycles. The first kappa shape index (κ1) is 25.1. The van der Waals surface area contributed by atoms with Gasteiger partial charge in [-0.1, -0.05) is 0 Å². The van der Waals surface area contributed by atoms with Crippen LogP contribution in [0.4, 0.5) is 17.1 Å². The zero-order valence-electron chi connectivity index (χ0n) is 15.6. The number of rotatable bonds is 12. The lowest BCUT2D eigenvalue weighted by atomic mass is 10.1. The molecular formula is C13H17N3O12S2. The van der Waals surface area contributed by atoms with E-state index in [9.17, 15) is 47.0 Å². The summed E-state index contributed by atoms with van der Waals surface area (Å²) >= 11 is 0. The number of nitro groups is 2. The molecule has 0 saturated carbocycles. The molecule has 30 heavy (non-hydrogen) atoms. The van der Waals surface area contributed by atoms with Crippen molar-refractivity contribution in [1.29, 1.82) is 0 Å². The second-order valence-electron chi connectivity index (χ2n) is 5.72. The van der Waals surface area contributed by atoms with Crippen LogP contribution in [0, 0.1) is 20.2 Å². The number of non-ortho nitro benzene ring substituents is 1. The normalized spacial score (nSPS) is 11.8. The summed E-state index contributed by atoms with van der Waals surface area (Å²) < 4.78 is 53.6. The Morgan fingerprint density at radius 1 is 1.00 bits per heavy atom. The minimum absolute atomic E-state index is 0.445. The number of carboxylic acids is 1. The molecule has 0 radical (unpaired) electrons. The van der Waals surface area contributed by atoms with E-state index in [4.69, 9.17) is 0 Å². The first-order valence-electron chi connectivity index (χ1n) is 7.76. The summed E-state index contributed by atoms with van der Waals surface area (Å²) in [6, 6.07) is 1.12. The molecule has 0 aliphatic heterocycles. The van der Waals surface area contributed by atoms with Crippen LogP contribution in [-0.4, -0.2) is 76.6 Å². The van der Waals surface area contributed by atoms with Crippen LogP contribution in [0.2, 0.25) is 0 Å². The van der Waals surface area contributed by atoms with Gasteiger partial charge in [0.25, 0.3) is 31.6 Å². The number of benzene rings is 1. The van der Waals surface area contributed by atoms with Gasteiger partial charge < -0.3 is 10.0 Å². The van der Waals surface area contributed by atoms with Gasteiger partial charge in [0.2, 0.25) is 0 Å². The molecule has 0 aliphatic rings. The van der Waals surface area contributed by atoms with Crippen LogP contribution in [0.25, 0.3) is 0 Å². The third-order valence-corrected chi connectivity index (χ3v) is 4.54. The van der Waals surface area contributed by atoms with E-state index in [1.807, 2.05) is 0 Å². The molecule has 1 rings (SSSR count). The van der Waals surface area contributed by atoms with E-state index in [-0.39, 0.29) is 0 Å². The summed E-state index contributed by atoms with van der Waals surface area (Å²) in [4.78, 5) is 32.9. The third kappa shape index (κ3) is 7.85. The van der Waals surface area contributed by atoms with E-state index in [2.05, 4.69) is 8.37 Å². The quantitative estimate of drug-likeness (QED) is 0.241. The number of hydrogen-bond donors (Lipinski definition) is 1. The highest BCUT2D eigenvalue weighted by Crippen LogP contribution is 2.36. The number of aromatic carboxylic acids is 1. The van der Waals surface area contributed by atoms with Gasteiger partial charge in [0, 0.05) is 19.2 Å². The summed E-state index contributed by atoms with van der Waals surface area (Å²) in [7, 11) is -7.82.